The predicted molar refractivity (Wildman–Crippen MR) is 91.8 cm³/mol. The average molecular weight is 307 g/mol. The van der Waals surface area contributed by atoms with Crippen LogP contribution in [0.15, 0.2) is 23.2 Å². The SMILES string of the molecule is CCNC(=NCc1cccc(OC)c1OC)NC(C)C(C)C. The van der Waals surface area contributed by atoms with Crippen LogP contribution in [0.25, 0.3) is 0 Å². The van der Waals surface area contributed by atoms with Crippen molar-refractivity contribution in [3.05, 3.63) is 23.8 Å². The molecule has 0 saturated carbocycles. The summed E-state index contributed by atoms with van der Waals surface area (Å²) < 4.78 is 10.8. The van der Waals surface area contributed by atoms with Crippen LogP contribution in [0.4, 0.5) is 0 Å². The van der Waals surface area contributed by atoms with Crippen molar-refractivity contribution >= 4 is 5.96 Å². The third-order valence-electron chi connectivity index (χ3n) is 3.60. The first-order valence-corrected chi connectivity index (χ1v) is 7.78. The molecule has 0 spiro atoms. The zero-order valence-electron chi connectivity index (χ0n) is 14.6. The van der Waals surface area contributed by atoms with E-state index in [1.165, 1.54) is 0 Å². The van der Waals surface area contributed by atoms with Gasteiger partial charge < -0.3 is 20.1 Å². The molecule has 5 nitrogen and oxygen atoms in total. The lowest BCUT2D eigenvalue weighted by molar-refractivity contribution is 0.352. The van der Waals surface area contributed by atoms with Crippen molar-refractivity contribution in [1.82, 2.24) is 10.6 Å². The van der Waals surface area contributed by atoms with E-state index in [9.17, 15) is 0 Å². The molecule has 0 fully saturated rings. The summed E-state index contributed by atoms with van der Waals surface area (Å²) in [4.78, 5) is 4.65. The number of methoxy groups -OCH3 is 2. The van der Waals surface area contributed by atoms with Gasteiger partial charge in [0.15, 0.2) is 17.5 Å². The molecule has 124 valence electrons. The third-order valence-corrected chi connectivity index (χ3v) is 3.60. The molecule has 0 bridgehead atoms. The van der Waals surface area contributed by atoms with Gasteiger partial charge in [-0.1, -0.05) is 26.0 Å². The topological polar surface area (TPSA) is 54.9 Å². The molecular weight excluding hydrogens is 278 g/mol. The summed E-state index contributed by atoms with van der Waals surface area (Å²) >= 11 is 0. The molecule has 0 heterocycles. The van der Waals surface area contributed by atoms with Gasteiger partial charge in [-0.2, -0.15) is 0 Å². The largest absolute Gasteiger partial charge is 0.493 e. The van der Waals surface area contributed by atoms with Gasteiger partial charge in [0.05, 0.1) is 20.8 Å². The smallest absolute Gasteiger partial charge is 0.191 e. The maximum Gasteiger partial charge on any atom is 0.191 e. The number of hydrogen-bond acceptors (Lipinski definition) is 3. The second-order valence-electron chi connectivity index (χ2n) is 5.52. The van der Waals surface area contributed by atoms with Crippen LogP contribution in [-0.2, 0) is 6.54 Å². The minimum absolute atomic E-state index is 0.352. The molecule has 0 saturated heterocycles. The second kappa shape index (κ2) is 9.18. The molecule has 0 radical (unpaired) electrons. The minimum atomic E-state index is 0.352. The molecule has 1 rings (SSSR count). The van der Waals surface area contributed by atoms with E-state index in [2.05, 4.69) is 43.3 Å². The Kier molecular flexibility index (Phi) is 7.57. The number of nitrogens with zero attached hydrogens (tertiary/aromatic N) is 1. The number of aliphatic imine (C=N–C) groups is 1. The molecule has 1 atom stereocenters. The van der Waals surface area contributed by atoms with Gasteiger partial charge in [-0.3, -0.25) is 0 Å². The lowest BCUT2D eigenvalue weighted by Crippen LogP contribution is -2.44. The lowest BCUT2D eigenvalue weighted by Gasteiger charge is -2.21. The van der Waals surface area contributed by atoms with Gasteiger partial charge in [-0.15, -0.1) is 0 Å². The summed E-state index contributed by atoms with van der Waals surface area (Å²) in [6.07, 6.45) is 0. The highest BCUT2D eigenvalue weighted by atomic mass is 16.5. The van der Waals surface area contributed by atoms with Gasteiger partial charge in [0.1, 0.15) is 0 Å². The molecule has 1 aromatic carbocycles. The fourth-order valence-electron chi connectivity index (χ4n) is 1.94. The first-order chi connectivity index (χ1) is 10.5. The van der Waals surface area contributed by atoms with E-state index >= 15 is 0 Å². The van der Waals surface area contributed by atoms with Crippen molar-refractivity contribution in [2.45, 2.75) is 40.3 Å². The highest BCUT2D eigenvalue weighted by Gasteiger charge is 2.11. The van der Waals surface area contributed by atoms with Gasteiger partial charge in [0.25, 0.3) is 0 Å². The van der Waals surface area contributed by atoms with E-state index < -0.39 is 0 Å². The van der Waals surface area contributed by atoms with Crippen LogP contribution in [-0.4, -0.2) is 32.8 Å². The van der Waals surface area contributed by atoms with E-state index in [1.54, 1.807) is 14.2 Å². The summed E-state index contributed by atoms with van der Waals surface area (Å²) in [5.41, 5.74) is 0.997. The number of ether oxygens (including phenoxy) is 2. The Balaban J connectivity index is 2.90. The van der Waals surface area contributed by atoms with Gasteiger partial charge in [-0.25, -0.2) is 4.99 Å². The van der Waals surface area contributed by atoms with Crippen LogP contribution in [0.1, 0.15) is 33.3 Å². The highest BCUT2D eigenvalue weighted by Crippen LogP contribution is 2.30. The Bertz CT molecular complexity index is 487. The summed E-state index contributed by atoms with van der Waals surface area (Å²) in [5, 5.41) is 6.69. The summed E-state index contributed by atoms with van der Waals surface area (Å²) in [5.74, 6) is 2.81. The van der Waals surface area contributed by atoms with E-state index in [1.807, 2.05) is 18.2 Å². The van der Waals surface area contributed by atoms with Crippen LogP contribution in [0, 0.1) is 5.92 Å². The number of hydrogen-bond donors (Lipinski definition) is 2. The standard InChI is InChI=1S/C17H29N3O2/c1-7-18-17(20-13(4)12(2)3)19-11-14-9-8-10-15(21-5)16(14)22-6/h8-10,12-13H,7,11H2,1-6H3,(H2,18,19,20). The molecule has 0 aliphatic carbocycles. The van der Waals surface area contributed by atoms with Gasteiger partial charge in [-0.05, 0) is 25.8 Å². The zero-order chi connectivity index (χ0) is 16.5. The second-order valence-corrected chi connectivity index (χ2v) is 5.52. The maximum atomic E-state index is 5.44. The lowest BCUT2D eigenvalue weighted by atomic mass is 10.1. The summed E-state index contributed by atoms with van der Waals surface area (Å²) in [7, 11) is 3.29. The molecule has 5 heteroatoms. The fourth-order valence-corrected chi connectivity index (χ4v) is 1.94. The van der Waals surface area contributed by atoms with Crippen molar-refractivity contribution < 1.29 is 9.47 Å². The van der Waals surface area contributed by atoms with Crippen molar-refractivity contribution in [1.29, 1.82) is 0 Å². The van der Waals surface area contributed by atoms with Crippen LogP contribution in [0.2, 0.25) is 0 Å². The Morgan fingerprint density at radius 1 is 1.18 bits per heavy atom. The molecular formula is C17H29N3O2. The number of benzene rings is 1. The maximum absolute atomic E-state index is 5.44. The third kappa shape index (κ3) is 5.13. The molecule has 22 heavy (non-hydrogen) atoms. The van der Waals surface area contributed by atoms with Crippen molar-refractivity contribution in [2.24, 2.45) is 10.9 Å². The van der Waals surface area contributed by atoms with E-state index in [-0.39, 0.29) is 0 Å². The van der Waals surface area contributed by atoms with Gasteiger partial charge in [0, 0.05) is 18.2 Å². The van der Waals surface area contributed by atoms with Crippen LogP contribution in [0.3, 0.4) is 0 Å². The number of guanidine groups is 1. The van der Waals surface area contributed by atoms with Gasteiger partial charge in [0.2, 0.25) is 0 Å². The molecule has 0 aliphatic rings. The van der Waals surface area contributed by atoms with Crippen LogP contribution >= 0.6 is 0 Å². The van der Waals surface area contributed by atoms with E-state index in [0.717, 1.165) is 29.6 Å². The van der Waals surface area contributed by atoms with Crippen molar-refractivity contribution in [2.75, 3.05) is 20.8 Å². The molecule has 0 aliphatic heterocycles. The predicted octanol–water partition coefficient (Wildman–Crippen LogP) is 2.80. The first kappa shape index (κ1) is 18.1. The number of para-hydroxylation sites is 1. The molecule has 0 amide bonds. The quantitative estimate of drug-likeness (QED) is 0.601. The van der Waals surface area contributed by atoms with Crippen molar-refractivity contribution in [3.8, 4) is 11.5 Å². The molecule has 0 aromatic heterocycles. The van der Waals surface area contributed by atoms with E-state index in [0.29, 0.717) is 18.5 Å². The highest BCUT2D eigenvalue weighted by molar-refractivity contribution is 5.80. The number of rotatable bonds is 7. The van der Waals surface area contributed by atoms with Crippen molar-refractivity contribution in [3.63, 3.8) is 0 Å². The minimum Gasteiger partial charge on any atom is -0.493 e. The first-order valence-electron chi connectivity index (χ1n) is 7.78. The summed E-state index contributed by atoms with van der Waals surface area (Å²) in [6, 6.07) is 6.19. The molecule has 1 unspecified atom stereocenters. The summed E-state index contributed by atoms with van der Waals surface area (Å²) in [6.45, 7) is 9.94. The average Bonchev–Trinajstić information content (AvgIpc) is 2.51. The fraction of sp³-hybridized carbons (Fsp3) is 0.588. The van der Waals surface area contributed by atoms with Crippen LogP contribution in [0.5, 0.6) is 11.5 Å². The Hall–Kier alpha value is -1.91. The number of nitrogens with one attached hydrogen (secondary N) is 2. The Morgan fingerprint density at radius 2 is 1.91 bits per heavy atom. The zero-order valence-corrected chi connectivity index (χ0v) is 14.6. The van der Waals surface area contributed by atoms with E-state index in [4.69, 9.17) is 9.47 Å². The van der Waals surface area contributed by atoms with Crippen LogP contribution < -0.4 is 20.1 Å². The molecule has 1 aromatic rings. The molecule has 2 N–H and O–H groups in total. The Morgan fingerprint density at radius 3 is 2.45 bits per heavy atom. The van der Waals surface area contributed by atoms with Gasteiger partial charge >= 0.3 is 0 Å². The Labute approximate surface area is 134 Å². The monoisotopic (exact) mass is 307 g/mol. The normalized spacial score (nSPS) is 13.0.